The number of nitroso groups, excluding NO2 is 1. The van der Waals surface area contributed by atoms with Gasteiger partial charge < -0.3 is 31.1 Å². The van der Waals surface area contributed by atoms with Gasteiger partial charge in [-0.2, -0.15) is 4.91 Å². The fourth-order valence-corrected chi connectivity index (χ4v) is 6.34. The van der Waals surface area contributed by atoms with E-state index in [0.29, 0.717) is 58.4 Å². The number of morpholine rings is 1. The number of amides is 4. The maximum absolute atomic E-state index is 14.0. The quantitative estimate of drug-likeness (QED) is 0.115. The molecule has 1 aliphatic rings. The Labute approximate surface area is 308 Å². The van der Waals surface area contributed by atoms with Crippen LogP contribution in [0.3, 0.4) is 0 Å². The summed E-state index contributed by atoms with van der Waals surface area (Å²) in [5, 5.41) is 24.6. The number of aliphatic hydroxyl groups excluding tert-OH is 1. The zero-order valence-electron chi connectivity index (χ0n) is 31.1. The van der Waals surface area contributed by atoms with Crippen LogP contribution in [0.5, 0.6) is 0 Å². The van der Waals surface area contributed by atoms with Gasteiger partial charge in [0.25, 0.3) is 0 Å². The average Bonchev–Trinajstić information content (AvgIpc) is 3.13. The first kappa shape index (κ1) is 42.2. The van der Waals surface area contributed by atoms with Gasteiger partial charge in [-0.1, -0.05) is 100.0 Å². The van der Waals surface area contributed by atoms with Gasteiger partial charge in [0, 0.05) is 32.0 Å². The fourth-order valence-electron chi connectivity index (χ4n) is 6.34. The van der Waals surface area contributed by atoms with Crippen molar-refractivity contribution in [2.24, 2.45) is 17.0 Å². The molecule has 2 aromatic rings. The number of hydrogen-bond donors (Lipinski definition) is 5. The van der Waals surface area contributed by atoms with Gasteiger partial charge in [-0.3, -0.25) is 24.1 Å². The predicted octanol–water partition coefficient (Wildman–Crippen LogP) is 2.74. The van der Waals surface area contributed by atoms with Crippen LogP contribution in [0.2, 0.25) is 0 Å². The molecule has 1 saturated heterocycles. The van der Waals surface area contributed by atoms with Crippen molar-refractivity contribution in [2.75, 3.05) is 39.5 Å². The lowest BCUT2D eigenvalue weighted by Crippen LogP contribution is -2.59. The van der Waals surface area contributed by atoms with Gasteiger partial charge in [-0.15, -0.1) is 0 Å². The van der Waals surface area contributed by atoms with Crippen LogP contribution in [0.1, 0.15) is 64.5 Å². The molecule has 5 N–H and O–H groups in total. The number of ether oxygens (including phenoxy) is 1. The standard InChI is InChI=1S/C39H58N6O7/c1-5-12-31(41-38(49)32(18-17-29-13-8-6-9-14-29)40-35(47)25-45-19-21-52-22-20-45)37(48)43-34(24-30-15-10-7-11-16-30)39(50)42-33(23-27(2)3)36(44-51)28(4)26-46/h6-11,13-16,27-28,31-34,36,46H,5,12,17-26H2,1-4H3,(H,40,47)(H,41,49)(H,42,50)(H,43,48). The van der Waals surface area contributed by atoms with Gasteiger partial charge in [0.1, 0.15) is 24.2 Å². The van der Waals surface area contributed by atoms with Crippen molar-refractivity contribution < 1.29 is 29.0 Å². The van der Waals surface area contributed by atoms with Crippen molar-refractivity contribution in [3.05, 3.63) is 76.7 Å². The molecule has 1 fully saturated rings. The first-order chi connectivity index (χ1) is 25.0. The maximum atomic E-state index is 14.0. The number of carbonyl (C=O) groups is 4. The molecule has 4 amide bonds. The van der Waals surface area contributed by atoms with Crippen LogP contribution >= 0.6 is 0 Å². The Balaban J connectivity index is 1.80. The summed E-state index contributed by atoms with van der Waals surface area (Å²) >= 11 is 0. The van der Waals surface area contributed by atoms with E-state index in [9.17, 15) is 29.2 Å². The van der Waals surface area contributed by atoms with Crippen molar-refractivity contribution in [1.82, 2.24) is 26.2 Å². The summed E-state index contributed by atoms with van der Waals surface area (Å²) in [4.78, 5) is 68.8. The molecule has 13 heteroatoms. The number of aryl methyl sites for hydroxylation is 1. The summed E-state index contributed by atoms with van der Waals surface area (Å²) in [5.41, 5.74) is 1.81. The minimum atomic E-state index is -1.04. The van der Waals surface area contributed by atoms with E-state index >= 15 is 0 Å². The SMILES string of the molecule is CCCC(NC(=O)C(CCc1ccccc1)NC(=O)CN1CCOCC1)C(=O)NC(Cc1ccccc1)C(=O)NC(CC(C)C)C(N=O)C(C)CO. The molecule has 0 saturated carbocycles. The van der Waals surface area contributed by atoms with E-state index in [0.717, 1.165) is 11.1 Å². The molecule has 0 aliphatic carbocycles. The zero-order valence-corrected chi connectivity index (χ0v) is 31.1. The van der Waals surface area contributed by atoms with Crippen molar-refractivity contribution in [1.29, 1.82) is 0 Å². The van der Waals surface area contributed by atoms with Crippen LogP contribution in [0.15, 0.2) is 65.8 Å². The van der Waals surface area contributed by atoms with E-state index in [1.807, 2.05) is 86.3 Å². The zero-order chi connectivity index (χ0) is 37.9. The highest BCUT2D eigenvalue weighted by Crippen LogP contribution is 2.19. The van der Waals surface area contributed by atoms with E-state index in [2.05, 4.69) is 26.4 Å². The summed E-state index contributed by atoms with van der Waals surface area (Å²) in [6.45, 7) is 9.69. The van der Waals surface area contributed by atoms with Crippen LogP contribution in [-0.2, 0) is 36.8 Å². The molecule has 3 rings (SSSR count). The molecule has 286 valence electrons. The highest BCUT2D eigenvalue weighted by atomic mass is 16.5. The summed E-state index contributed by atoms with van der Waals surface area (Å²) in [7, 11) is 0. The van der Waals surface area contributed by atoms with Crippen molar-refractivity contribution in [3.63, 3.8) is 0 Å². The molecule has 13 nitrogen and oxygen atoms in total. The summed E-state index contributed by atoms with van der Waals surface area (Å²) in [5.74, 6) is -2.20. The second kappa shape index (κ2) is 22.7. The Kier molecular flexibility index (Phi) is 18.4. The molecule has 0 bridgehead atoms. The minimum absolute atomic E-state index is 0.107. The summed E-state index contributed by atoms with van der Waals surface area (Å²) in [6, 6.07) is 14.4. The van der Waals surface area contributed by atoms with Crippen LogP contribution in [0, 0.1) is 16.7 Å². The molecule has 1 aliphatic heterocycles. The molecule has 52 heavy (non-hydrogen) atoms. The van der Waals surface area contributed by atoms with Gasteiger partial charge in [0.05, 0.1) is 25.8 Å². The lowest BCUT2D eigenvalue weighted by molar-refractivity contribution is -0.134. The van der Waals surface area contributed by atoms with Gasteiger partial charge >= 0.3 is 0 Å². The average molecular weight is 723 g/mol. The first-order valence-corrected chi connectivity index (χ1v) is 18.6. The number of hydrogen-bond acceptors (Lipinski definition) is 9. The lowest BCUT2D eigenvalue weighted by Gasteiger charge is -2.30. The molecule has 1 heterocycles. The third kappa shape index (κ3) is 14.4. The molecular weight excluding hydrogens is 664 g/mol. The normalized spacial score (nSPS) is 16.8. The number of benzene rings is 2. The van der Waals surface area contributed by atoms with Crippen molar-refractivity contribution in [2.45, 2.75) is 96.4 Å². The van der Waals surface area contributed by atoms with E-state index < -0.39 is 53.8 Å². The number of rotatable bonds is 22. The highest BCUT2D eigenvalue weighted by Gasteiger charge is 2.34. The van der Waals surface area contributed by atoms with Crippen LogP contribution in [0.25, 0.3) is 0 Å². The van der Waals surface area contributed by atoms with Crippen molar-refractivity contribution >= 4 is 23.6 Å². The Morgan fingerprint density at radius 1 is 0.788 bits per heavy atom. The van der Waals surface area contributed by atoms with Gasteiger partial charge in [0.15, 0.2) is 0 Å². The maximum Gasteiger partial charge on any atom is 0.243 e. The monoisotopic (exact) mass is 722 g/mol. The van der Waals surface area contributed by atoms with Gasteiger partial charge in [-0.05, 0) is 42.7 Å². The largest absolute Gasteiger partial charge is 0.396 e. The number of nitrogens with zero attached hydrogens (tertiary/aromatic N) is 2. The Hall–Kier alpha value is -4.20. The van der Waals surface area contributed by atoms with E-state index in [4.69, 9.17) is 4.74 Å². The molecule has 6 unspecified atom stereocenters. The Bertz CT molecular complexity index is 1390. The van der Waals surface area contributed by atoms with E-state index in [-0.39, 0.29) is 31.4 Å². The Morgan fingerprint density at radius 3 is 1.90 bits per heavy atom. The summed E-state index contributed by atoms with van der Waals surface area (Å²) < 4.78 is 5.39. The minimum Gasteiger partial charge on any atom is -0.396 e. The van der Waals surface area contributed by atoms with Crippen LogP contribution < -0.4 is 21.3 Å². The highest BCUT2D eigenvalue weighted by molar-refractivity contribution is 5.94. The van der Waals surface area contributed by atoms with Crippen LogP contribution in [-0.4, -0.2) is 103 Å². The van der Waals surface area contributed by atoms with E-state index in [1.165, 1.54) is 0 Å². The number of carbonyl (C=O) groups excluding carboxylic acids is 4. The molecule has 2 aromatic carbocycles. The molecule has 0 aromatic heterocycles. The Morgan fingerprint density at radius 2 is 1.35 bits per heavy atom. The third-order valence-corrected chi connectivity index (χ3v) is 9.27. The van der Waals surface area contributed by atoms with Gasteiger partial charge in [-0.25, -0.2) is 0 Å². The molecular formula is C39H58N6O7. The predicted molar refractivity (Wildman–Crippen MR) is 200 cm³/mol. The smallest absolute Gasteiger partial charge is 0.243 e. The molecule has 6 atom stereocenters. The van der Waals surface area contributed by atoms with Crippen LogP contribution in [0.4, 0.5) is 0 Å². The molecule has 0 radical (unpaired) electrons. The topological polar surface area (TPSA) is 179 Å². The number of aliphatic hydroxyl groups is 1. The second-order valence-electron chi connectivity index (χ2n) is 14.1. The second-order valence-corrected chi connectivity index (χ2v) is 14.1. The van der Waals surface area contributed by atoms with Crippen molar-refractivity contribution in [3.8, 4) is 0 Å². The third-order valence-electron chi connectivity index (χ3n) is 9.27. The van der Waals surface area contributed by atoms with Gasteiger partial charge in [0.2, 0.25) is 23.6 Å². The fraction of sp³-hybridized carbons (Fsp3) is 0.590. The summed E-state index contributed by atoms with van der Waals surface area (Å²) in [6.07, 6.45) is 2.31. The van der Waals surface area contributed by atoms with E-state index in [1.54, 1.807) is 6.92 Å². The number of nitrogens with one attached hydrogen (secondary N) is 4. The lowest BCUT2D eigenvalue weighted by atomic mass is 9.90. The molecule has 0 spiro atoms. The first-order valence-electron chi connectivity index (χ1n) is 18.6.